The van der Waals surface area contributed by atoms with Crippen molar-refractivity contribution in [3.05, 3.63) is 29.8 Å². The summed E-state index contributed by atoms with van der Waals surface area (Å²) >= 11 is 0. The van der Waals surface area contributed by atoms with Gasteiger partial charge in [0.25, 0.3) is 0 Å². The fourth-order valence-electron chi connectivity index (χ4n) is 1.04. The van der Waals surface area contributed by atoms with Crippen molar-refractivity contribution in [3.63, 3.8) is 0 Å². The number of nitrogens with two attached hydrogens (primary N) is 1. The van der Waals surface area contributed by atoms with Crippen molar-refractivity contribution >= 4 is 5.69 Å². The lowest BCUT2D eigenvalue weighted by Crippen LogP contribution is -2.34. The Labute approximate surface area is 74.2 Å². The minimum Gasteiger partial charge on any atom is -0.326 e. The van der Waals surface area contributed by atoms with Gasteiger partial charge >= 0.3 is 0 Å². The van der Waals surface area contributed by atoms with E-state index in [-0.39, 0.29) is 0 Å². The van der Waals surface area contributed by atoms with Gasteiger partial charge in [-0.2, -0.15) is 0 Å². The van der Waals surface area contributed by atoms with E-state index in [1.165, 1.54) is 5.69 Å². The van der Waals surface area contributed by atoms with Crippen LogP contribution in [0.4, 0.5) is 5.69 Å². The molecular formula is C10H16N2+. The first-order chi connectivity index (χ1) is 5.54. The Kier molecular flexibility index (Phi) is 2.50. The quantitative estimate of drug-likeness (QED) is 0.652. The molecule has 0 aliphatic rings. The topological polar surface area (TPSA) is 26.0 Å². The predicted octanol–water partition coefficient (Wildman–Crippen LogP) is 1.14. The summed E-state index contributed by atoms with van der Waals surface area (Å²) in [5.74, 6) is 0. The molecule has 0 unspecified atom stereocenters. The van der Waals surface area contributed by atoms with E-state index < -0.39 is 0 Å². The van der Waals surface area contributed by atoms with Crippen molar-refractivity contribution < 1.29 is 0 Å². The largest absolute Gasteiger partial charge is 0.326 e. The van der Waals surface area contributed by atoms with Crippen LogP contribution in [-0.4, -0.2) is 21.1 Å². The fraction of sp³-hybridized carbons (Fsp3) is 0.400. The van der Waals surface area contributed by atoms with Gasteiger partial charge in [-0.3, -0.25) is 4.48 Å². The second kappa shape index (κ2) is 3.25. The third-order valence-electron chi connectivity index (χ3n) is 1.84. The molecule has 1 aromatic carbocycles. The van der Waals surface area contributed by atoms with Gasteiger partial charge in [0, 0.05) is 12.6 Å². The zero-order valence-electron chi connectivity index (χ0n) is 7.96. The number of hydrogen-bond donors (Lipinski definition) is 1. The summed E-state index contributed by atoms with van der Waals surface area (Å²) in [6, 6.07) is 9.19. The van der Waals surface area contributed by atoms with Crippen LogP contribution >= 0.6 is 0 Å². The number of benzene rings is 1. The van der Waals surface area contributed by atoms with Crippen molar-refractivity contribution in [2.24, 2.45) is 5.73 Å². The molecule has 2 heteroatoms. The van der Waals surface area contributed by atoms with Gasteiger partial charge in [-0.15, -0.1) is 0 Å². The first-order valence-corrected chi connectivity index (χ1v) is 4.07. The van der Waals surface area contributed by atoms with Crippen molar-refractivity contribution in [1.29, 1.82) is 0 Å². The second-order valence-electron chi connectivity index (χ2n) is 3.79. The molecule has 0 heterocycles. The lowest BCUT2D eigenvalue weighted by molar-refractivity contribution is 0.486. The molecule has 0 aliphatic heterocycles. The second-order valence-corrected chi connectivity index (χ2v) is 3.79. The molecule has 1 rings (SSSR count). The third-order valence-corrected chi connectivity index (χ3v) is 1.84. The highest BCUT2D eigenvalue weighted by Crippen LogP contribution is 2.17. The minimum absolute atomic E-state index is 0.563. The molecule has 1 aromatic rings. The molecule has 65 valence electrons. The number of nitrogens with zero attached hydrogens (tertiary/aromatic N) is 1. The van der Waals surface area contributed by atoms with E-state index in [1.807, 2.05) is 6.07 Å². The lowest BCUT2D eigenvalue weighted by Gasteiger charge is -2.23. The average Bonchev–Trinajstić information content (AvgIpc) is 2.03. The molecule has 0 saturated carbocycles. The Morgan fingerprint density at radius 3 is 2.58 bits per heavy atom. The monoisotopic (exact) mass is 164 g/mol. The van der Waals surface area contributed by atoms with Gasteiger partial charge in [-0.05, 0) is 23.8 Å². The van der Waals surface area contributed by atoms with Gasteiger partial charge in [0.15, 0.2) is 0 Å². The van der Waals surface area contributed by atoms with Gasteiger partial charge in [0.2, 0.25) is 0 Å². The van der Waals surface area contributed by atoms with Gasteiger partial charge in [-0.25, -0.2) is 0 Å². The Balaban J connectivity index is 3.02. The van der Waals surface area contributed by atoms with Crippen LogP contribution < -0.4 is 10.2 Å². The van der Waals surface area contributed by atoms with E-state index in [1.54, 1.807) is 0 Å². The van der Waals surface area contributed by atoms with Crippen molar-refractivity contribution in [1.82, 2.24) is 4.48 Å². The van der Waals surface area contributed by atoms with E-state index >= 15 is 0 Å². The highest BCUT2D eigenvalue weighted by Gasteiger charge is 2.11. The lowest BCUT2D eigenvalue weighted by atomic mass is 10.2. The zero-order valence-corrected chi connectivity index (χ0v) is 7.96. The van der Waals surface area contributed by atoms with Crippen LogP contribution in [0.25, 0.3) is 0 Å². The summed E-state index contributed by atoms with van der Waals surface area (Å²) in [7, 11) is 6.40. The van der Waals surface area contributed by atoms with Crippen LogP contribution in [-0.2, 0) is 6.54 Å². The van der Waals surface area contributed by atoms with Crippen LogP contribution in [0.15, 0.2) is 18.2 Å². The van der Waals surface area contributed by atoms with Gasteiger partial charge < -0.3 is 5.73 Å². The Bertz CT molecular complexity index is 261. The van der Waals surface area contributed by atoms with E-state index in [9.17, 15) is 0 Å². The summed E-state index contributed by atoms with van der Waals surface area (Å²) < 4.78 is 0.821. The molecule has 0 fully saturated rings. The smallest absolute Gasteiger partial charge is 0.132 e. The standard InChI is InChI=1S/C10H16N2/c1-12(2,3)10-6-4-5-9(7-10)8-11/h4,6-7H,8,11H2,1-3H3/q+1. The van der Waals surface area contributed by atoms with E-state index in [4.69, 9.17) is 5.73 Å². The van der Waals surface area contributed by atoms with Crippen molar-refractivity contribution in [3.8, 4) is 0 Å². The number of rotatable bonds is 2. The predicted molar refractivity (Wildman–Crippen MR) is 52.7 cm³/mol. The van der Waals surface area contributed by atoms with Crippen LogP contribution in [0.3, 0.4) is 0 Å². The third kappa shape index (κ3) is 2.06. The fourth-order valence-corrected chi connectivity index (χ4v) is 1.04. The summed E-state index contributed by atoms with van der Waals surface area (Å²) in [5, 5.41) is 0. The maximum Gasteiger partial charge on any atom is 0.132 e. The van der Waals surface area contributed by atoms with Crippen LogP contribution in [0, 0.1) is 6.07 Å². The molecule has 2 nitrogen and oxygen atoms in total. The maximum atomic E-state index is 5.52. The molecule has 0 bridgehead atoms. The Hall–Kier alpha value is -0.860. The molecule has 0 aromatic heterocycles. The van der Waals surface area contributed by atoms with Gasteiger partial charge in [-0.1, -0.05) is 0 Å². The van der Waals surface area contributed by atoms with E-state index in [0.29, 0.717) is 6.54 Å². The molecule has 2 N–H and O–H groups in total. The normalized spacial score (nSPS) is 11.7. The summed E-state index contributed by atoms with van der Waals surface area (Å²) in [4.78, 5) is 0. The Morgan fingerprint density at radius 1 is 1.42 bits per heavy atom. The SMILES string of the molecule is C[N+](C)(C)c1cc[c]c(CN)c1. The van der Waals surface area contributed by atoms with Crippen molar-refractivity contribution in [2.45, 2.75) is 6.54 Å². The molecule has 0 atom stereocenters. The van der Waals surface area contributed by atoms with Gasteiger partial charge in [0.05, 0.1) is 21.1 Å². The summed E-state index contributed by atoms with van der Waals surface area (Å²) in [6.45, 7) is 0.563. The molecular weight excluding hydrogens is 148 g/mol. The Morgan fingerprint density at radius 2 is 2.08 bits per heavy atom. The molecule has 0 saturated heterocycles. The zero-order chi connectivity index (χ0) is 9.19. The maximum absolute atomic E-state index is 5.52. The van der Waals surface area contributed by atoms with Crippen LogP contribution in [0.5, 0.6) is 0 Å². The number of quaternary nitrogens is 1. The average molecular weight is 164 g/mol. The van der Waals surface area contributed by atoms with Crippen LogP contribution in [0.2, 0.25) is 0 Å². The molecule has 12 heavy (non-hydrogen) atoms. The first-order valence-electron chi connectivity index (χ1n) is 4.07. The van der Waals surface area contributed by atoms with Crippen molar-refractivity contribution in [2.75, 3.05) is 21.1 Å². The highest BCUT2D eigenvalue weighted by atomic mass is 15.3. The van der Waals surface area contributed by atoms with Crippen LogP contribution in [0.1, 0.15) is 5.56 Å². The molecule has 0 spiro atoms. The van der Waals surface area contributed by atoms with E-state index in [0.717, 1.165) is 10.0 Å². The first kappa shape index (κ1) is 9.23. The summed E-state index contributed by atoms with van der Waals surface area (Å²) in [5.41, 5.74) is 7.85. The molecule has 0 aliphatic carbocycles. The molecule has 1 radical (unpaired) electrons. The molecule has 0 amide bonds. The summed E-state index contributed by atoms with van der Waals surface area (Å²) in [6.07, 6.45) is 0. The number of hydrogen-bond acceptors (Lipinski definition) is 1. The van der Waals surface area contributed by atoms with E-state index in [2.05, 4.69) is 39.3 Å². The highest BCUT2D eigenvalue weighted by molar-refractivity contribution is 5.43. The minimum atomic E-state index is 0.563. The van der Waals surface area contributed by atoms with Gasteiger partial charge in [0.1, 0.15) is 5.69 Å².